The fraction of sp³-hybridized carbons (Fsp3) is 0.368. The molecule has 1 aromatic heterocycles. The lowest BCUT2D eigenvalue weighted by molar-refractivity contribution is 0.1000. The number of hydrogen-bond donors (Lipinski definition) is 2. The van der Waals surface area contributed by atoms with Crippen LogP contribution in [-0.2, 0) is 12.8 Å². The highest BCUT2D eigenvalue weighted by molar-refractivity contribution is 7.17. The zero-order valence-electron chi connectivity index (χ0n) is 14.7. The molecule has 2 amide bonds. The molecule has 7 heteroatoms. The van der Waals surface area contributed by atoms with Crippen LogP contribution in [0.4, 0.5) is 5.00 Å². The third kappa shape index (κ3) is 3.71. The first-order valence-corrected chi connectivity index (χ1v) is 9.78. The van der Waals surface area contributed by atoms with E-state index in [1.165, 1.54) is 11.3 Å². The molecule has 1 aromatic carbocycles. The number of halogens is 1. The molecule has 1 atom stereocenters. The number of anilines is 1. The van der Waals surface area contributed by atoms with Gasteiger partial charge in [-0.05, 0) is 55.9 Å². The minimum atomic E-state index is -0.503. The van der Waals surface area contributed by atoms with E-state index in [-0.39, 0.29) is 5.91 Å². The standard InChI is InChI=1S/C19H21ClN2O3S/c1-3-25-14-7-5-11(9-13(14)20)18(24)22-19-16(17(21)23)12-6-4-10(2)8-15(12)26-19/h5,7,9-10H,3-4,6,8H2,1-2H3,(H2,21,23)(H,22,24)/t10-/m1/s1. The van der Waals surface area contributed by atoms with Gasteiger partial charge in [0.2, 0.25) is 0 Å². The van der Waals surface area contributed by atoms with Crippen molar-refractivity contribution >= 4 is 39.8 Å². The van der Waals surface area contributed by atoms with Crippen LogP contribution in [0, 0.1) is 5.92 Å². The van der Waals surface area contributed by atoms with Gasteiger partial charge in [-0.2, -0.15) is 0 Å². The van der Waals surface area contributed by atoms with Crippen molar-refractivity contribution in [1.29, 1.82) is 0 Å². The number of amides is 2. The van der Waals surface area contributed by atoms with Crippen molar-refractivity contribution in [2.24, 2.45) is 11.7 Å². The fourth-order valence-electron chi connectivity index (χ4n) is 3.19. The molecule has 0 spiro atoms. The van der Waals surface area contributed by atoms with Crippen LogP contribution in [0.3, 0.4) is 0 Å². The third-order valence-corrected chi connectivity index (χ3v) is 5.94. The molecule has 0 fully saturated rings. The van der Waals surface area contributed by atoms with Gasteiger partial charge in [-0.1, -0.05) is 18.5 Å². The molecule has 0 radical (unpaired) electrons. The first-order valence-electron chi connectivity index (χ1n) is 8.58. The first kappa shape index (κ1) is 18.7. The summed E-state index contributed by atoms with van der Waals surface area (Å²) < 4.78 is 5.38. The van der Waals surface area contributed by atoms with Crippen molar-refractivity contribution in [3.63, 3.8) is 0 Å². The fourth-order valence-corrected chi connectivity index (χ4v) is 4.84. The zero-order valence-corrected chi connectivity index (χ0v) is 16.3. The van der Waals surface area contributed by atoms with Gasteiger partial charge < -0.3 is 15.8 Å². The van der Waals surface area contributed by atoms with Crippen molar-refractivity contribution < 1.29 is 14.3 Å². The first-order chi connectivity index (χ1) is 12.4. The Balaban J connectivity index is 1.88. The summed E-state index contributed by atoms with van der Waals surface area (Å²) in [6.07, 6.45) is 2.74. The predicted octanol–water partition coefficient (Wildman–Crippen LogP) is 4.28. The SMILES string of the molecule is CCOc1ccc(C(=O)Nc2sc3c(c2C(N)=O)CC[C@@H](C)C3)cc1Cl. The average molecular weight is 393 g/mol. The van der Waals surface area contributed by atoms with Crippen LogP contribution < -0.4 is 15.8 Å². The summed E-state index contributed by atoms with van der Waals surface area (Å²) >= 11 is 7.60. The second kappa shape index (κ2) is 7.68. The molecule has 0 aliphatic heterocycles. The van der Waals surface area contributed by atoms with E-state index in [2.05, 4.69) is 12.2 Å². The Morgan fingerprint density at radius 1 is 1.42 bits per heavy atom. The highest BCUT2D eigenvalue weighted by Gasteiger charge is 2.27. The number of ether oxygens (including phenoxy) is 1. The van der Waals surface area contributed by atoms with Crippen molar-refractivity contribution in [3.8, 4) is 5.75 Å². The topological polar surface area (TPSA) is 81.4 Å². The summed E-state index contributed by atoms with van der Waals surface area (Å²) in [4.78, 5) is 25.7. The van der Waals surface area contributed by atoms with E-state index in [0.29, 0.717) is 39.4 Å². The number of benzene rings is 1. The van der Waals surface area contributed by atoms with Gasteiger partial charge in [0, 0.05) is 10.4 Å². The Bertz CT molecular complexity index is 863. The maximum atomic E-state index is 12.6. The number of nitrogens with two attached hydrogens (primary N) is 1. The summed E-state index contributed by atoms with van der Waals surface area (Å²) in [6, 6.07) is 4.87. The Morgan fingerprint density at radius 3 is 2.85 bits per heavy atom. The van der Waals surface area contributed by atoms with Crippen molar-refractivity contribution in [3.05, 3.63) is 44.8 Å². The molecular weight excluding hydrogens is 372 g/mol. The maximum absolute atomic E-state index is 12.6. The summed E-state index contributed by atoms with van der Waals surface area (Å²) in [5, 5.41) is 3.73. The second-order valence-electron chi connectivity index (χ2n) is 6.45. The molecule has 1 aliphatic rings. The molecule has 0 bridgehead atoms. The Kier molecular flexibility index (Phi) is 5.53. The minimum Gasteiger partial charge on any atom is -0.492 e. The minimum absolute atomic E-state index is 0.330. The molecular formula is C19H21ClN2O3S. The van der Waals surface area contributed by atoms with Crippen LogP contribution in [0.5, 0.6) is 5.75 Å². The number of fused-ring (bicyclic) bond motifs is 1. The lowest BCUT2D eigenvalue weighted by Crippen LogP contribution is -2.19. The van der Waals surface area contributed by atoms with E-state index in [4.69, 9.17) is 22.1 Å². The number of carbonyl (C=O) groups excluding carboxylic acids is 2. The largest absolute Gasteiger partial charge is 0.492 e. The molecule has 0 unspecified atom stereocenters. The van der Waals surface area contributed by atoms with Crippen LogP contribution in [0.2, 0.25) is 5.02 Å². The Morgan fingerprint density at radius 2 is 2.19 bits per heavy atom. The molecule has 2 aromatic rings. The van der Waals surface area contributed by atoms with E-state index in [9.17, 15) is 9.59 Å². The van der Waals surface area contributed by atoms with Gasteiger partial charge in [-0.25, -0.2) is 0 Å². The average Bonchev–Trinajstić information content (AvgIpc) is 2.93. The zero-order chi connectivity index (χ0) is 18.8. The molecule has 138 valence electrons. The smallest absolute Gasteiger partial charge is 0.256 e. The van der Waals surface area contributed by atoms with E-state index >= 15 is 0 Å². The maximum Gasteiger partial charge on any atom is 0.256 e. The Labute approximate surface area is 161 Å². The summed E-state index contributed by atoms with van der Waals surface area (Å²) in [5.74, 6) is 0.264. The molecule has 5 nitrogen and oxygen atoms in total. The highest BCUT2D eigenvalue weighted by Crippen LogP contribution is 2.39. The summed E-state index contributed by atoms with van der Waals surface area (Å²) in [5.41, 5.74) is 7.42. The van der Waals surface area contributed by atoms with Crippen molar-refractivity contribution in [2.45, 2.75) is 33.1 Å². The van der Waals surface area contributed by atoms with Gasteiger partial charge in [-0.3, -0.25) is 9.59 Å². The van der Waals surface area contributed by atoms with E-state index < -0.39 is 5.91 Å². The monoisotopic (exact) mass is 392 g/mol. The highest BCUT2D eigenvalue weighted by atomic mass is 35.5. The molecule has 1 aliphatic carbocycles. The lowest BCUT2D eigenvalue weighted by Gasteiger charge is -2.18. The summed E-state index contributed by atoms with van der Waals surface area (Å²) in [6.45, 7) is 4.54. The number of hydrogen-bond acceptors (Lipinski definition) is 4. The van der Waals surface area contributed by atoms with E-state index in [1.807, 2.05) is 6.92 Å². The van der Waals surface area contributed by atoms with Gasteiger partial charge in [0.05, 0.1) is 17.2 Å². The molecule has 0 saturated carbocycles. The Hall–Kier alpha value is -2.05. The molecule has 3 N–H and O–H groups in total. The number of nitrogens with one attached hydrogen (secondary N) is 1. The molecule has 1 heterocycles. The number of rotatable bonds is 5. The lowest BCUT2D eigenvalue weighted by atomic mass is 9.88. The van der Waals surface area contributed by atoms with Crippen molar-refractivity contribution in [1.82, 2.24) is 0 Å². The van der Waals surface area contributed by atoms with E-state index in [1.54, 1.807) is 18.2 Å². The normalized spacial score (nSPS) is 16.0. The van der Waals surface area contributed by atoms with Gasteiger partial charge in [0.1, 0.15) is 10.8 Å². The van der Waals surface area contributed by atoms with Gasteiger partial charge in [0.15, 0.2) is 0 Å². The molecule has 3 rings (SSSR count). The van der Waals surface area contributed by atoms with Gasteiger partial charge in [0.25, 0.3) is 11.8 Å². The van der Waals surface area contributed by atoms with Gasteiger partial charge in [-0.15, -0.1) is 11.3 Å². The van der Waals surface area contributed by atoms with E-state index in [0.717, 1.165) is 29.7 Å². The molecule has 26 heavy (non-hydrogen) atoms. The summed E-state index contributed by atoms with van der Waals surface area (Å²) in [7, 11) is 0. The van der Waals surface area contributed by atoms with Gasteiger partial charge >= 0.3 is 0 Å². The quantitative estimate of drug-likeness (QED) is 0.796. The number of thiophene rings is 1. The van der Waals surface area contributed by atoms with Crippen LogP contribution in [-0.4, -0.2) is 18.4 Å². The predicted molar refractivity (Wildman–Crippen MR) is 105 cm³/mol. The van der Waals surface area contributed by atoms with Crippen LogP contribution in [0.15, 0.2) is 18.2 Å². The second-order valence-corrected chi connectivity index (χ2v) is 7.96. The number of primary amides is 1. The third-order valence-electron chi connectivity index (χ3n) is 4.48. The van der Waals surface area contributed by atoms with Crippen LogP contribution >= 0.6 is 22.9 Å². The van der Waals surface area contributed by atoms with Crippen LogP contribution in [0.1, 0.15) is 51.4 Å². The number of carbonyl (C=O) groups is 2. The molecule has 0 saturated heterocycles. The van der Waals surface area contributed by atoms with Crippen LogP contribution in [0.25, 0.3) is 0 Å². The van der Waals surface area contributed by atoms with Crippen molar-refractivity contribution in [2.75, 3.05) is 11.9 Å².